The van der Waals surface area contributed by atoms with Crippen molar-refractivity contribution in [2.24, 2.45) is 11.7 Å². The standard InChI is InChI=1S/C25H30FN3O2/c1-16-11-18(3)29(15-19-5-8-21(26)9-6-19)25(30)22(16)12-20-7-10-23(24(13-20)31-4)28-14-17(2)27/h5-10,12-14,16,18,28H,11,15,27H2,1-4H3/b17-14-,22-12+/t16-,18+/m1/s1. The highest BCUT2D eigenvalue weighted by Gasteiger charge is 2.33. The zero-order valence-corrected chi connectivity index (χ0v) is 18.5. The number of likely N-dealkylation sites (tertiary alicyclic amines) is 1. The Morgan fingerprint density at radius 3 is 2.61 bits per heavy atom. The third kappa shape index (κ3) is 5.45. The first-order valence-corrected chi connectivity index (χ1v) is 10.4. The van der Waals surface area contributed by atoms with Crippen molar-refractivity contribution in [3.8, 4) is 5.75 Å². The smallest absolute Gasteiger partial charge is 0.250 e. The quantitative estimate of drug-likeness (QED) is 0.648. The fraction of sp³-hybridized carbons (Fsp3) is 0.320. The number of carbonyl (C=O) groups excluding carboxylic acids is 1. The third-order valence-corrected chi connectivity index (χ3v) is 5.53. The van der Waals surface area contributed by atoms with Gasteiger partial charge in [-0.2, -0.15) is 0 Å². The summed E-state index contributed by atoms with van der Waals surface area (Å²) in [6.45, 7) is 6.40. The van der Waals surface area contributed by atoms with E-state index in [0.717, 1.165) is 28.8 Å². The predicted octanol–water partition coefficient (Wildman–Crippen LogP) is 4.91. The first-order chi connectivity index (χ1) is 14.8. The molecule has 1 aliphatic rings. The van der Waals surface area contributed by atoms with E-state index in [1.165, 1.54) is 12.1 Å². The van der Waals surface area contributed by atoms with E-state index in [0.29, 0.717) is 18.0 Å². The number of amides is 1. The summed E-state index contributed by atoms with van der Waals surface area (Å²) < 4.78 is 18.7. The number of methoxy groups -OCH3 is 1. The van der Waals surface area contributed by atoms with Crippen LogP contribution in [-0.2, 0) is 11.3 Å². The minimum atomic E-state index is -0.278. The maximum atomic E-state index is 13.3. The van der Waals surface area contributed by atoms with Crippen molar-refractivity contribution < 1.29 is 13.9 Å². The van der Waals surface area contributed by atoms with Crippen LogP contribution in [0, 0.1) is 11.7 Å². The monoisotopic (exact) mass is 423 g/mol. The van der Waals surface area contributed by atoms with Crippen molar-refractivity contribution in [2.45, 2.75) is 39.8 Å². The number of nitrogens with one attached hydrogen (secondary N) is 1. The Bertz CT molecular complexity index is 994. The number of nitrogens with two attached hydrogens (primary N) is 1. The molecule has 5 nitrogen and oxygen atoms in total. The second kappa shape index (κ2) is 9.69. The molecule has 6 heteroatoms. The molecule has 0 aromatic heterocycles. The van der Waals surface area contributed by atoms with Gasteiger partial charge in [0.1, 0.15) is 11.6 Å². The second-order valence-electron chi connectivity index (χ2n) is 8.14. The van der Waals surface area contributed by atoms with E-state index in [4.69, 9.17) is 10.5 Å². The Hall–Kier alpha value is -3.28. The summed E-state index contributed by atoms with van der Waals surface area (Å²) in [6.07, 6.45) is 4.51. The Labute approximate surface area is 183 Å². The Kier molecular flexibility index (Phi) is 7.00. The van der Waals surface area contributed by atoms with Gasteiger partial charge >= 0.3 is 0 Å². The SMILES string of the molecule is COc1cc(/C=C2/C(=O)N(Cc3ccc(F)cc3)[C@@H](C)C[C@H]2C)ccc1N/C=C(/C)N. The lowest BCUT2D eigenvalue weighted by molar-refractivity contribution is -0.132. The molecule has 0 aliphatic carbocycles. The molecular formula is C25H30FN3O2. The van der Waals surface area contributed by atoms with Gasteiger partial charge in [-0.25, -0.2) is 4.39 Å². The number of piperidine rings is 1. The van der Waals surface area contributed by atoms with E-state index in [2.05, 4.69) is 19.2 Å². The Morgan fingerprint density at radius 1 is 1.26 bits per heavy atom. The van der Waals surface area contributed by atoms with Gasteiger partial charge in [-0.1, -0.05) is 25.1 Å². The van der Waals surface area contributed by atoms with Gasteiger partial charge < -0.3 is 20.7 Å². The number of rotatable bonds is 6. The number of carbonyl (C=O) groups is 1. The van der Waals surface area contributed by atoms with Crippen molar-refractivity contribution in [1.29, 1.82) is 0 Å². The largest absolute Gasteiger partial charge is 0.495 e. The summed E-state index contributed by atoms with van der Waals surface area (Å²) in [7, 11) is 1.61. The van der Waals surface area contributed by atoms with E-state index in [1.807, 2.05) is 29.2 Å². The van der Waals surface area contributed by atoms with Gasteiger partial charge in [0.15, 0.2) is 0 Å². The fourth-order valence-electron chi connectivity index (χ4n) is 3.85. The van der Waals surface area contributed by atoms with Gasteiger partial charge in [0.05, 0.1) is 12.8 Å². The zero-order chi connectivity index (χ0) is 22.5. The molecule has 31 heavy (non-hydrogen) atoms. The van der Waals surface area contributed by atoms with Gasteiger partial charge in [-0.05, 0) is 67.7 Å². The molecule has 1 saturated heterocycles. The molecule has 2 aromatic rings. The van der Waals surface area contributed by atoms with Crippen molar-refractivity contribution in [2.75, 3.05) is 12.4 Å². The number of allylic oxidation sites excluding steroid dienone is 1. The molecule has 1 heterocycles. The molecule has 1 aliphatic heterocycles. The summed E-state index contributed by atoms with van der Waals surface area (Å²) in [4.78, 5) is 15.2. The minimum Gasteiger partial charge on any atom is -0.495 e. The van der Waals surface area contributed by atoms with Gasteiger partial charge in [-0.3, -0.25) is 4.79 Å². The number of nitrogens with zero attached hydrogens (tertiary/aromatic N) is 1. The van der Waals surface area contributed by atoms with Crippen molar-refractivity contribution in [3.05, 3.63) is 76.9 Å². The van der Waals surface area contributed by atoms with Crippen LogP contribution in [0.2, 0.25) is 0 Å². The average molecular weight is 424 g/mol. The average Bonchev–Trinajstić information content (AvgIpc) is 2.74. The zero-order valence-electron chi connectivity index (χ0n) is 18.5. The Morgan fingerprint density at radius 2 is 1.97 bits per heavy atom. The molecule has 3 rings (SSSR count). The van der Waals surface area contributed by atoms with E-state index < -0.39 is 0 Å². The van der Waals surface area contributed by atoms with Crippen LogP contribution in [0.25, 0.3) is 6.08 Å². The van der Waals surface area contributed by atoms with Crippen LogP contribution in [-0.4, -0.2) is 24.0 Å². The summed E-state index contributed by atoms with van der Waals surface area (Å²) >= 11 is 0. The molecule has 1 fully saturated rings. The van der Waals surface area contributed by atoms with Gasteiger partial charge in [0, 0.05) is 30.1 Å². The first-order valence-electron chi connectivity index (χ1n) is 10.4. The second-order valence-corrected chi connectivity index (χ2v) is 8.14. The maximum Gasteiger partial charge on any atom is 0.250 e. The first kappa shape index (κ1) is 22.4. The lowest BCUT2D eigenvalue weighted by Gasteiger charge is -2.38. The predicted molar refractivity (Wildman–Crippen MR) is 123 cm³/mol. The van der Waals surface area contributed by atoms with Crippen LogP contribution in [0.5, 0.6) is 5.75 Å². The number of benzene rings is 2. The van der Waals surface area contributed by atoms with E-state index in [-0.39, 0.29) is 23.7 Å². The molecule has 0 radical (unpaired) electrons. The number of halogens is 1. The lowest BCUT2D eigenvalue weighted by Crippen LogP contribution is -2.45. The maximum absolute atomic E-state index is 13.3. The highest BCUT2D eigenvalue weighted by Crippen LogP contribution is 2.33. The van der Waals surface area contributed by atoms with Crippen molar-refractivity contribution in [3.63, 3.8) is 0 Å². The molecule has 0 unspecified atom stereocenters. The van der Waals surface area contributed by atoms with Crippen LogP contribution in [0.15, 0.2) is 59.9 Å². The molecule has 3 N–H and O–H groups in total. The molecule has 0 saturated carbocycles. The third-order valence-electron chi connectivity index (χ3n) is 5.53. The molecular weight excluding hydrogens is 393 g/mol. The summed E-state index contributed by atoms with van der Waals surface area (Å²) in [5.41, 5.74) is 9.71. The van der Waals surface area contributed by atoms with Crippen molar-refractivity contribution >= 4 is 17.7 Å². The fourth-order valence-corrected chi connectivity index (χ4v) is 3.85. The van der Waals surface area contributed by atoms with Crippen LogP contribution in [0.4, 0.5) is 10.1 Å². The number of anilines is 1. The summed E-state index contributed by atoms with van der Waals surface area (Å²) in [5, 5.41) is 3.12. The highest BCUT2D eigenvalue weighted by atomic mass is 19.1. The van der Waals surface area contributed by atoms with Crippen molar-refractivity contribution in [1.82, 2.24) is 4.90 Å². The molecule has 0 bridgehead atoms. The molecule has 164 valence electrons. The van der Waals surface area contributed by atoms with Crippen LogP contribution in [0.1, 0.15) is 38.3 Å². The van der Waals surface area contributed by atoms with E-state index >= 15 is 0 Å². The molecule has 1 amide bonds. The molecule has 0 spiro atoms. The number of hydrogen-bond acceptors (Lipinski definition) is 4. The molecule has 2 atom stereocenters. The van der Waals surface area contributed by atoms with E-state index in [9.17, 15) is 9.18 Å². The van der Waals surface area contributed by atoms with Crippen LogP contribution < -0.4 is 15.8 Å². The summed E-state index contributed by atoms with van der Waals surface area (Å²) in [5.74, 6) is 0.538. The highest BCUT2D eigenvalue weighted by molar-refractivity contribution is 5.99. The van der Waals surface area contributed by atoms with Gasteiger partial charge in [0.25, 0.3) is 5.91 Å². The van der Waals surface area contributed by atoms with Gasteiger partial charge in [-0.15, -0.1) is 0 Å². The lowest BCUT2D eigenvalue weighted by atomic mass is 9.86. The normalized spacial score (nSPS) is 20.8. The topological polar surface area (TPSA) is 67.6 Å². The van der Waals surface area contributed by atoms with E-state index in [1.54, 1.807) is 32.4 Å². The summed E-state index contributed by atoms with van der Waals surface area (Å²) in [6, 6.07) is 12.2. The minimum absolute atomic E-state index is 0.0124. The van der Waals surface area contributed by atoms with Gasteiger partial charge in [0.2, 0.25) is 0 Å². The van der Waals surface area contributed by atoms with Crippen LogP contribution in [0.3, 0.4) is 0 Å². The number of hydrogen-bond donors (Lipinski definition) is 2. The Balaban J connectivity index is 1.86. The van der Waals surface area contributed by atoms with Crippen LogP contribution >= 0.6 is 0 Å². The number of ether oxygens (including phenoxy) is 1. The molecule has 2 aromatic carbocycles.